The molecule has 1 aromatic rings. The van der Waals surface area contributed by atoms with E-state index in [9.17, 15) is 24.3 Å². The van der Waals surface area contributed by atoms with Crippen LogP contribution in [-0.2, 0) is 23.9 Å². The lowest BCUT2D eigenvalue weighted by Gasteiger charge is -2.19. The molecule has 1 amide bonds. The molecule has 0 fully saturated rings. The minimum atomic E-state index is -1.20. The molecule has 9 nitrogen and oxygen atoms in total. The van der Waals surface area contributed by atoms with Gasteiger partial charge in [0.2, 0.25) is 5.91 Å². The minimum Gasteiger partial charge on any atom is -0.506 e. The van der Waals surface area contributed by atoms with Crippen molar-refractivity contribution in [3.05, 3.63) is 40.8 Å². The Morgan fingerprint density at radius 1 is 1.07 bits per heavy atom. The molecular formula is C18H18N2O7. The van der Waals surface area contributed by atoms with Gasteiger partial charge >= 0.3 is 11.9 Å². The monoisotopic (exact) mass is 374 g/mol. The Balaban J connectivity index is 2.47. The molecule has 0 unspecified atom stereocenters. The summed E-state index contributed by atoms with van der Waals surface area (Å²) in [4.78, 5) is 46.5. The normalized spacial score (nSPS) is 15.9. The standard InChI is InChI=1S/C18H18N2O7/c1-8(14-16(23)15(9(2)21)18(25)27-17(14)24)19-11-5-6-13(26-4)12(7-11)20-10(3)22/h5-7,19,23H,1-4H3,(H,20,22)/b14-8-. The largest absolute Gasteiger partial charge is 0.506 e. The van der Waals surface area contributed by atoms with Gasteiger partial charge in [0, 0.05) is 18.3 Å². The number of ether oxygens (including phenoxy) is 2. The number of amides is 1. The molecule has 0 atom stereocenters. The first-order valence-corrected chi connectivity index (χ1v) is 7.80. The fourth-order valence-electron chi connectivity index (χ4n) is 2.50. The van der Waals surface area contributed by atoms with Crippen LogP contribution in [0.4, 0.5) is 11.4 Å². The van der Waals surface area contributed by atoms with Crippen LogP contribution >= 0.6 is 0 Å². The van der Waals surface area contributed by atoms with Gasteiger partial charge in [0.25, 0.3) is 0 Å². The molecule has 0 aliphatic carbocycles. The van der Waals surface area contributed by atoms with Crippen LogP contribution in [0, 0.1) is 0 Å². The third-order valence-corrected chi connectivity index (χ3v) is 3.64. The van der Waals surface area contributed by atoms with E-state index in [0.717, 1.165) is 6.92 Å². The third-order valence-electron chi connectivity index (χ3n) is 3.64. The number of cyclic esters (lactones) is 2. The summed E-state index contributed by atoms with van der Waals surface area (Å²) in [5, 5.41) is 15.7. The molecule has 0 aromatic heterocycles. The van der Waals surface area contributed by atoms with Crippen LogP contribution in [0.3, 0.4) is 0 Å². The number of aliphatic hydroxyl groups is 1. The van der Waals surface area contributed by atoms with Crippen molar-refractivity contribution in [2.75, 3.05) is 17.7 Å². The van der Waals surface area contributed by atoms with Gasteiger partial charge in [-0.05, 0) is 32.0 Å². The van der Waals surface area contributed by atoms with Crippen molar-refractivity contribution >= 4 is 35.0 Å². The number of esters is 2. The molecular weight excluding hydrogens is 356 g/mol. The second kappa shape index (κ2) is 7.73. The van der Waals surface area contributed by atoms with E-state index < -0.39 is 29.1 Å². The number of carbonyl (C=O) groups excluding carboxylic acids is 4. The number of Topliss-reactive ketones (excluding diaryl/α,β-unsaturated/α-hetero) is 1. The highest BCUT2D eigenvalue weighted by Gasteiger charge is 2.36. The topological polar surface area (TPSA) is 131 Å². The van der Waals surface area contributed by atoms with Gasteiger partial charge in [0.15, 0.2) is 5.78 Å². The number of aliphatic hydroxyl groups excluding tert-OH is 1. The lowest BCUT2D eigenvalue weighted by atomic mass is 10.0. The summed E-state index contributed by atoms with van der Waals surface area (Å²) in [6.07, 6.45) is 0. The maximum atomic E-state index is 12.0. The number of rotatable bonds is 5. The van der Waals surface area contributed by atoms with Gasteiger partial charge in [0.1, 0.15) is 22.7 Å². The van der Waals surface area contributed by atoms with Crippen LogP contribution in [-0.4, -0.2) is 35.8 Å². The van der Waals surface area contributed by atoms with Crippen molar-refractivity contribution in [3.8, 4) is 5.75 Å². The number of hydrogen-bond donors (Lipinski definition) is 3. The van der Waals surface area contributed by atoms with Crippen molar-refractivity contribution in [2.24, 2.45) is 0 Å². The zero-order valence-electron chi connectivity index (χ0n) is 15.1. The van der Waals surface area contributed by atoms with Crippen LogP contribution < -0.4 is 15.4 Å². The van der Waals surface area contributed by atoms with Gasteiger partial charge in [-0.1, -0.05) is 0 Å². The number of hydrogen-bond acceptors (Lipinski definition) is 8. The Bertz CT molecular complexity index is 912. The molecule has 1 aromatic carbocycles. The molecule has 2 rings (SSSR count). The molecule has 1 heterocycles. The molecule has 3 N–H and O–H groups in total. The Labute approximate surface area is 154 Å². The molecule has 0 spiro atoms. The zero-order valence-corrected chi connectivity index (χ0v) is 15.1. The smallest absolute Gasteiger partial charge is 0.353 e. The van der Waals surface area contributed by atoms with E-state index in [1.54, 1.807) is 18.2 Å². The second-order valence-corrected chi connectivity index (χ2v) is 5.68. The van der Waals surface area contributed by atoms with Crippen molar-refractivity contribution in [1.29, 1.82) is 0 Å². The SMILES string of the molecule is COc1ccc(N/C(C)=C2\C(=O)OC(=O)C(C(C)=O)=C2O)cc1NC(C)=O. The van der Waals surface area contributed by atoms with Gasteiger partial charge in [-0.15, -0.1) is 0 Å². The molecule has 0 radical (unpaired) electrons. The van der Waals surface area contributed by atoms with Crippen LogP contribution in [0.2, 0.25) is 0 Å². The van der Waals surface area contributed by atoms with E-state index in [1.165, 1.54) is 21.0 Å². The molecule has 9 heteroatoms. The van der Waals surface area contributed by atoms with Gasteiger partial charge < -0.3 is 25.2 Å². The van der Waals surface area contributed by atoms with E-state index in [2.05, 4.69) is 15.4 Å². The Morgan fingerprint density at radius 3 is 2.30 bits per heavy atom. The molecule has 1 aliphatic rings. The average Bonchev–Trinajstić information content (AvgIpc) is 2.53. The lowest BCUT2D eigenvalue weighted by molar-refractivity contribution is -0.155. The van der Waals surface area contributed by atoms with Crippen molar-refractivity contribution in [3.63, 3.8) is 0 Å². The van der Waals surface area contributed by atoms with Crippen LogP contribution in [0.25, 0.3) is 0 Å². The second-order valence-electron chi connectivity index (χ2n) is 5.68. The Kier molecular flexibility index (Phi) is 5.64. The average molecular weight is 374 g/mol. The maximum absolute atomic E-state index is 12.0. The Hall–Kier alpha value is -3.62. The lowest BCUT2D eigenvalue weighted by Crippen LogP contribution is -2.29. The highest BCUT2D eigenvalue weighted by molar-refractivity contribution is 6.23. The molecule has 27 heavy (non-hydrogen) atoms. The predicted molar refractivity (Wildman–Crippen MR) is 95.1 cm³/mol. The first-order valence-electron chi connectivity index (χ1n) is 7.80. The summed E-state index contributed by atoms with van der Waals surface area (Å²) < 4.78 is 9.68. The summed E-state index contributed by atoms with van der Waals surface area (Å²) >= 11 is 0. The van der Waals surface area contributed by atoms with Gasteiger partial charge in [-0.25, -0.2) is 9.59 Å². The van der Waals surface area contributed by atoms with Crippen molar-refractivity contribution < 1.29 is 33.8 Å². The number of carbonyl (C=O) groups is 4. The summed E-state index contributed by atoms with van der Waals surface area (Å²) in [6, 6.07) is 4.75. The highest BCUT2D eigenvalue weighted by atomic mass is 16.6. The van der Waals surface area contributed by atoms with E-state index >= 15 is 0 Å². The number of nitrogens with one attached hydrogen (secondary N) is 2. The van der Waals surface area contributed by atoms with Crippen LogP contribution in [0.5, 0.6) is 5.75 Å². The summed E-state index contributed by atoms with van der Waals surface area (Å²) in [5.74, 6) is -3.63. The van der Waals surface area contributed by atoms with Crippen LogP contribution in [0.1, 0.15) is 20.8 Å². The number of benzene rings is 1. The number of methoxy groups -OCH3 is 1. The van der Waals surface area contributed by atoms with Crippen LogP contribution in [0.15, 0.2) is 40.8 Å². The minimum absolute atomic E-state index is 0.141. The maximum Gasteiger partial charge on any atom is 0.353 e. The van der Waals surface area contributed by atoms with Gasteiger partial charge in [-0.2, -0.15) is 0 Å². The Morgan fingerprint density at radius 2 is 1.74 bits per heavy atom. The highest BCUT2D eigenvalue weighted by Crippen LogP contribution is 2.30. The molecule has 1 aliphatic heterocycles. The van der Waals surface area contributed by atoms with E-state index in [-0.39, 0.29) is 17.2 Å². The summed E-state index contributed by atoms with van der Waals surface area (Å²) in [5.41, 5.74) is 0.0450. The zero-order chi connectivity index (χ0) is 20.3. The molecule has 0 saturated carbocycles. The van der Waals surface area contributed by atoms with Gasteiger partial charge in [-0.3, -0.25) is 9.59 Å². The summed E-state index contributed by atoms with van der Waals surface area (Å²) in [6.45, 7) is 3.88. The van der Waals surface area contributed by atoms with E-state index in [0.29, 0.717) is 17.1 Å². The number of ketones is 1. The quantitative estimate of drug-likeness (QED) is 0.308. The van der Waals surface area contributed by atoms with Gasteiger partial charge in [0.05, 0.1) is 12.8 Å². The van der Waals surface area contributed by atoms with Crippen molar-refractivity contribution in [1.82, 2.24) is 0 Å². The molecule has 0 bridgehead atoms. The first-order chi connectivity index (χ1) is 12.6. The number of allylic oxidation sites excluding steroid dienone is 1. The first kappa shape index (κ1) is 19.7. The van der Waals surface area contributed by atoms with E-state index in [4.69, 9.17) is 4.74 Å². The van der Waals surface area contributed by atoms with E-state index in [1.807, 2.05) is 0 Å². The fourth-order valence-corrected chi connectivity index (χ4v) is 2.50. The van der Waals surface area contributed by atoms with Crippen molar-refractivity contribution in [2.45, 2.75) is 20.8 Å². The third kappa shape index (κ3) is 4.14. The summed E-state index contributed by atoms with van der Waals surface area (Å²) in [7, 11) is 1.45. The predicted octanol–water partition coefficient (Wildman–Crippen LogP) is 1.82. The molecule has 0 saturated heterocycles. The fraction of sp³-hybridized carbons (Fsp3) is 0.222. The number of anilines is 2. The molecule has 142 valence electrons.